The van der Waals surface area contributed by atoms with Crippen molar-refractivity contribution in [3.63, 3.8) is 0 Å². The van der Waals surface area contributed by atoms with Gasteiger partial charge in [0.25, 0.3) is 0 Å². The zero-order valence-corrected chi connectivity index (χ0v) is 13.5. The standard InChI is InChI=1S/C17H24O5/c1-11(9-13(16(20)21)10-15(18)19)12-5-7-14(8-6-12)22-17(2,3)4/h5-8,11,13H,9-10H2,1-4H3,(H,18,19)(H,20,21)/t11?,13-/m1/s1. The van der Waals surface area contributed by atoms with E-state index in [0.29, 0.717) is 6.42 Å². The topological polar surface area (TPSA) is 83.8 Å². The van der Waals surface area contributed by atoms with E-state index in [-0.39, 0.29) is 17.9 Å². The first kappa shape index (κ1) is 18.0. The normalized spacial score (nSPS) is 14.2. The van der Waals surface area contributed by atoms with E-state index in [0.717, 1.165) is 11.3 Å². The van der Waals surface area contributed by atoms with Crippen molar-refractivity contribution in [3.05, 3.63) is 29.8 Å². The molecule has 122 valence electrons. The molecule has 1 aromatic carbocycles. The Bertz CT molecular complexity index is 513. The van der Waals surface area contributed by atoms with Crippen LogP contribution >= 0.6 is 0 Å². The van der Waals surface area contributed by atoms with Gasteiger partial charge in [-0.3, -0.25) is 9.59 Å². The molecular formula is C17H24O5. The minimum Gasteiger partial charge on any atom is -0.488 e. The molecule has 0 radical (unpaired) electrons. The van der Waals surface area contributed by atoms with Crippen molar-refractivity contribution >= 4 is 11.9 Å². The predicted molar refractivity (Wildman–Crippen MR) is 83.2 cm³/mol. The molecule has 1 rings (SSSR count). The van der Waals surface area contributed by atoms with E-state index in [1.807, 2.05) is 52.0 Å². The number of carboxylic acid groups (broad SMARTS) is 2. The first-order chi connectivity index (χ1) is 10.1. The molecule has 0 aliphatic carbocycles. The van der Waals surface area contributed by atoms with Gasteiger partial charge in [0.05, 0.1) is 12.3 Å². The molecule has 5 nitrogen and oxygen atoms in total. The highest BCUT2D eigenvalue weighted by molar-refractivity contribution is 5.77. The molecule has 5 heteroatoms. The number of hydrogen-bond donors (Lipinski definition) is 2. The van der Waals surface area contributed by atoms with Crippen LogP contribution in [-0.2, 0) is 9.59 Å². The molecule has 2 atom stereocenters. The molecule has 2 N–H and O–H groups in total. The molecule has 0 aliphatic heterocycles. The van der Waals surface area contributed by atoms with Crippen LogP contribution in [0.3, 0.4) is 0 Å². The fourth-order valence-electron chi connectivity index (χ4n) is 2.26. The molecule has 1 unspecified atom stereocenters. The van der Waals surface area contributed by atoms with E-state index in [2.05, 4.69) is 0 Å². The number of ether oxygens (including phenoxy) is 1. The maximum absolute atomic E-state index is 11.1. The molecular weight excluding hydrogens is 284 g/mol. The second-order valence-electron chi connectivity index (χ2n) is 6.55. The van der Waals surface area contributed by atoms with E-state index in [1.165, 1.54) is 0 Å². The first-order valence-electron chi connectivity index (χ1n) is 7.32. The van der Waals surface area contributed by atoms with Crippen LogP contribution in [0.25, 0.3) is 0 Å². The third-order valence-corrected chi connectivity index (χ3v) is 3.28. The highest BCUT2D eigenvalue weighted by atomic mass is 16.5. The van der Waals surface area contributed by atoms with E-state index in [9.17, 15) is 9.59 Å². The van der Waals surface area contributed by atoms with Crippen molar-refractivity contribution in [1.82, 2.24) is 0 Å². The number of rotatable bonds is 7. The van der Waals surface area contributed by atoms with Gasteiger partial charge in [-0.25, -0.2) is 0 Å². The molecule has 0 aromatic heterocycles. The van der Waals surface area contributed by atoms with Crippen molar-refractivity contribution in [2.75, 3.05) is 0 Å². The Kier molecular flexibility index (Phi) is 5.97. The van der Waals surface area contributed by atoms with Gasteiger partial charge in [0.15, 0.2) is 0 Å². The lowest BCUT2D eigenvalue weighted by Crippen LogP contribution is -2.23. The summed E-state index contributed by atoms with van der Waals surface area (Å²) in [6.45, 7) is 7.80. The summed E-state index contributed by atoms with van der Waals surface area (Å²) in [5, 5.41) is 17.9. The van der Waals surface area contributed by atoms with Gasteiger partial charge in [-0.1, -0.05) is 19.1 Å². The molecule has 0 bridgehead atoms. The number of aliphatic carboxylic acids is 2. The van der Waals surface area contributed by atoms with Crippen LogP contribution in [0, 0.1) is 5.92 Å². The molecule has 0 spiro atoms. The lowest BCUT2D eigenvalue weighted by molar-refractivity contribution is -0.148. The van der Waals surface area contributed by atoms with Gasteiger partial charge in [0.1, 0.15) is 11.4 Å². The Balaban J connectivity index is 2.74. The predicted octanol–water partition coefficient (Wildman–Crippen LogP) is 3.53. The number of benzene rings is 1. The van der Waals surface area contributed by atoms with Crippen molar-refractivity contribution in [2.45, 2.75) is 52.1 Å². The second kappa shape index (κ2) is 7.29. The average molecular weight is 308 g/mol. The maximum Gasteiger partial charge on any atom is 0.307 e. The number of hydrogen-bond acceptors (Lipinski definition) is 3. The molecule has 0 saturated carbocycles. The maximum atomic E-state index is 11.1. The van der Waals surface area contributed by atoms with Crippen LogP contribution in [0.5, 0.6) is 5.75 Å². The third kappa shape index (κ3) is 6.16. The summed E-state index contributed by atoms with van der Waals surface area (Å²) < 4.78 is 5.74. The van der Waals surface area contributed by atoms with Gasteiger partial charge in [0, 0.05) is 0 Å². The SMILES string of the molecule is CC(C[C@H](CC(=O)O)C(=O)O)c1ccc(OC(C)(C)C)cc1. The van der Waals surface area contributed by atoms with Gasteiger partial charge >= 0.3 is 11.9 Å². The summed E-state index contributed by atoms with van der Waals surface area (Å²) >= 11 is 0. The van der Waals surface area contributed by atoms with Crippen LogP contribution in [0.1, 0.15) is 52.0 Å². The average Bonchev–Trinajstić information content (AvgIpc) is 2.36. The number of carboxylic acids is 2. The zero-order chi connectivity index (χ0) is 16.9. The molecule has 1 aromatic rings. The monoisotopic (exact) mass is 308 g/mol. The summed E-state index contributed by atoms with van der Waals surface area (Å²) in [7, 11) is 0. The van der Waals surface area contributed by atoms with Gasteiger partial charge in [-0.05, 0) is 50.8 Å². The highest BCUT2D eigenvalue weighted by Crippen LogP contribution is 2.27. The van der Waals surface area contributed by atoms with Gasteiger partial charge in [-0.2, -0.15) is 0 Å². The lowest BCUT2D eigenvalue weighted by Gasteiger charge is -2.22. The fraction of sp³-hybridized carbons (Fsp3) is 0.529. The Morgan fingerprint density at radius 2 is 1.68 bits per heavy atom. The lowest BCUT2D eigenvalue weighted by atomic mass is 9.88. The summed E-state index contributed by atoms with van der Waals surface area (Å²) in [4.78, 5) is 21.9. The Hall–Kier alpha value is -2.04. The quantitative estimate of drug-likeness (QED) is 0.805. The summed E-state index contributed by atoms with van der Waals surface area (Å²) in [6.07, 6.45) is -0.0635. The van der Waals surface area contributed by atoms with Crippen LogP contribution in [0.15, 0.2) is 24.3 Å². The molecule has 22 heavy (non-hydrogen) atoms. The Morgan fingerprint density at radius 3 is 2.09 bits per heavy atom. The summed E-state index contributed by atoms with van der Waals surface area (Å²) in [5.41, 5.74) is 0.695. The Labute approximate surface area is 130 Å². The second-order valence-corrected chi connectivity index (χ2v) is 6.55. The van der Waals surface area contributed by atoms with Crippen molar-refractivity contribution < 1.29 is 24.5 Å². The van der Waals surface area contributed by atoms with E-state index in [1.54, 1.807) is 0 Å². The first-order valence-corrected chi connectivity index (χ1v) is 7.32. The molecule has 0 saturated heterocycles. The van der Waals surface area contributed by atoms with Crippen LogP contribution in [-0.4, -0.2) is 27.8 Å². The van der Waals surface area contributed by atoms with Gasteiger partial charge in [-0.15, -0.1) is 0 Å². The highest BCUT2D eigenvalue weighted by Gasteiger charge is 2.24. The molecule has 0 heterocycles. The molecule has 0 fully saturated rings. The number of carbonyl (C=O) groups is 2. The smallest absolute Gasteiger partial charge is 0.307 e. The Morgan fingerprint density at radius 1 is 1.14 bits per heavy atom. The van der Waals surface area contributed by atoms with E-state index in [4.69, 9.17) is 14.9 Å². The fourth-order valence-corrected chi connectivity index (χ4v) is 2.26. The summed E-state index contributed by atoms with van der Waals surface area (Å²) in [6, 6.07) is 7.49. The van der Waals surface area contributed by atoms with E-state index < -0.39 is 17.9 Å². The minimum absolute atomic E-state index is 0.0378. The van der Waals surface area contributed by atoms with Crippen molar-refractivity contribution in [2.24, 2.45) is 5.92 Å². The molecule has 0 amide bonds. The zero-order valence-electron chi connectivity index (χ0n) is 13.5. The van der Waals surface area contributed by atoms with Crippen LogP contribution < -0.4 is 4.74 Å². The van der Waals surface area contributed by atoms with E-state index >= 15 is 0 Å². The van der Waals surface area contributed by atoms with Crippen LogP contribution in [0.2, 0.25) is 0 Å². The van der Waals surface area contributed by atoms with Gasteiger partial charge in [0.2, 0.25) is 0 Å². The molecule has 0 aliphatic rings. The minimum atomic E-state index is -1.09. The van der Waals surface area contributed by atoms with Gasteiger partial charge < -0.3 is 14.9 Å². The largest absolute Gasteiger partial charge is 0.488 e. The van der Waals surface area contributed by atoms with Crippen molar-refractivity contribution in [1.29, 1.82) is 0 Å². The summed E-state index contributed by atoms with van der Waals surface area (Å²) in [5.74, 6) is -2.32. The third-order valence-electron chi connectivity index (χ3n) is 3.28. The van der Waals surface area contributed by atoms with Crippen LogP contribution in [0.4, 0.5) is 0 Å². The van der Waals surface area contributed by atoms with Crippen molar-refractivity contribution in [3.8, 4) is 5.75 Å².